The number of likely N-dealkylation sites (tertiary alicyclic amines) is 1. The van der Waals surface area contributed by atoms with E-state index < -0.39 is 0 Å². The summed E-state index contributed by atoms with van der Waals surface area (Å²) in [6, 6.07) is -0.293. The number of amides is 1. The Morgan fingerprint density at radius 2 is 2.25 bits per heavy atom. The number of nitrogens with zero attached hydrogens (tertiary/aromatic N) is 1. The van der Waals surface area contributed by atoms with Gasteiger partial charge in [-0.1, -0.05) is 13.8 Å². The molecule has 2 atom stereocenters. The average molecular weight is 244 g/mol. The summed E-state index contributed by atoms with van der Waals surface area (Å²) in [5.74, 6) is 2.45. The summed E-state index contributed by atoms with van der Waals surface area (Å²) >= 11 is 1.74. The molecule has 4 heteroatoms. The highest BCUT2D eigenvalue weighted by Gasteiger charge is 2.30. The van der Waals surface area contributed by atoms with Gasteiger partial charge in [0.05, 0.1) is 6.04 Å². The smallest absolute Gasteiger partial charge is 0.239 e. The summed E-state index contributed by atoms with van der Waals surface area (Å²) in [4.78, 5) is 14.0. The molecule has 0 spiro atoms. The Morgan fingerprint density at radius 3 is 2.75 bits per heavy atom. The summed E-state index contributed by atoms with van der Waals surface area (Å²) in [6.45, 7) is 6.26. The molecule has 0 saturated carbocycles. The van der Waals surface area contributed by atoms with Gasteiger partial charge >= 0.3 is 0 Å². The molecular weight excluding hydrogens is 220 g/mol. The van der Waals surface area contributed by atoms with Crippen LogP contribution in [0.4, 0.5) is 0 Å². The molecule has 1 rings (SSSR count). The summed E-state index contributed by atoms with van der Waals surface area (Å²) in [6.07, 6.45) is 3.98. The molecule has 0 aromatic heterocycles. The predicted octanol–water partition coefficient (Wildman–Crippen LogP) is 1.57. The standard InChI is InChI=1S/C12H24N2OS/c1-9(2)10-4-6-14(8-10)12(15)11(13)5-7-16-3/h9-11H,4-8,13H2,1-3H3/t10?,11-/m1/s1. The summed E-state index contributed by atoms with van der Waals surface area (Å²) < 4.78 is 0. The third-order valence-electron chi connectivity index (χ3n) is 3.43. The van der Waals surface area contributed by atoms with Crippen LogP contribution in [0.15, 0.2) is 0 Å². The summed E-state index contributed by atoms with van der Waals surface area (Å²) in [5.41, 5.74) is 5.90. The number of hydrogen-bond acceptors (Lipinski definition) is 3. The van der Waals surface area contributed by atoms with Gasteiger partial charge in [0.1, 0.15) is 0 Å². The first kappa shape index (κ1) is 13.8. The molecule has 1 aliphatic rings. The molecule has 1 aliphatic heterocycles. The average Bonchev–Trinajstić information content (AvgIpc) is 2.74. The van der Waals surface area contributed by atoms with Crippen LogP contribution in [0.2, 0.25) is 0 Å². The molecule has 16 heavy (non-hydrogen) atoms. The van der Waals surface area contributed by atoms with E-state index in [2.05, 4.69) is 13.8 Å². The number of nitrogens with two attached hydrogens (primary N) is 1. The molecule has 1 unspecified atom stereocenters. The Kier molecular flexibility index (Phi) is 5.62. The number of thioether (sulfide) groups is 1. The minimum atomic E-state index is -0.293. The minimum Gasteiger partial charge on any atom is -0.341 e. The lowest BCUT2D eigenvalue weighted by Gasteiger charge is -2.21. The van der Waals surface area contributed by atoms with Crippen molar-refractivity contribution in [2.24, 2.45) is 17.6 Å². The first-order valence-electron chi connectivity index (χ1n) is 6.09. The van der Waals surface area contributed by atoms with Gasteiger partial charge in [-0.25, -0.2) is 0 Å². The van der Waals surface area contributed by atoms with Gasteiger partial charge < -0.3 is 10.6 Å². The van der Waals surface area contributed by atoms with Gasteiger partial charge in [-0.05, 0) is 36.7 Å². The highest BCUT2D eigenvalue weighted by Crippen LogP contribution is 2.24. The lowest BCUT2D eigenvalue weighted by molar-refractivity contribution is -0.131. The molecule has 94 valence electrons. The molecule has 3 nitrogen and oxygen atoms in total. The molecular formula is C12H24N2OS. The molecule has 0 aromatic rings. The van der Waals surface area contributed by atoms with E-state index in [1.165, 1.54) is 0 Å². The van der Waals surface area contributed by atoms with E-state index in [0.717, 1.165) is 31.7 Å². The van der Waals surface area contributed by atoms with Gasteiger partial charge in [-0.3, -0.25) is 4.79 Å². The fraction of sp³-hybridized carbons (Fsp3) is 0.917. The molecule has 0 radical (unpaired) electrons. The minimum absolute atomic E-state index is 0.150. The van der Waals surface area contributed by atoms with Crippen molar-refractivity contribution in [2.45, 2.75) is 32.7 Å². The normalized spacial score (nSPS) is 22.8. The highest BCUT2D eigenvalue weighted by molar-refractivity contribution is 7.98. The molecule has 2 N–H and O–H groups in total. The topological polar surface area (TPSA) is 46.3 Å². The number of carbonyl (C=O) groups is 1. The van der Waals surface area contributed by atoms with E-state index in [9.17, 15) is 4.79 Å². The van der Waals surface area contributed by atoms with Gasteiger partial charge in [-0.15, -0.1) is 0 Å². The maximum Gasteiger partial charge on any atom is 0.239 e. The molecule has 1 saturated heterocycles. The molecule has 1 fully saturated rings. The van der Waals surface area contributed by atoms with E-state index in [-0.39, 0.29) is 11.9 Å². The lowest BCUT2D eigenvalue weighted by Crippen LogP contribution is -2.43. The second-order valence-electron chi connectivity index (χ2n) is 4.96. The Bertz CT molecular complexity index is 233. The predicted molar refractivity (Wildman–Crippen MR) is 70.5 cm³/mol. The quantitative estimate of drug-likeness (QED) is 0.798. The Labute approximate surface area is 103 Å². The highest BCUT2D eigenvalue weighted by atomic mass is 32.2. The maximum absolute atomic E-state index is 12.0. The van der Waals surface area contributed by atoms with Crippen LogP contribution in [0.3, 0.4) is 0 Å². The van der Waals surface area contributed by atoms with Crippen molar-refractivity contribution in [2.75, 3.05) is 25.1 Å². The third-order valence-corrected chi connectivity index (χ3v) is 4.07. The largest absolute Gasteiger partial charge is 0.341 e. The fourth-order valence-electron chi connectivity index (χ4n) is 2.13. The van der Waals surface area contributed by atoms with Gasteiger partial charge in [0, 0.05) is 13.1 Å². The van der Waals surface area contributed by atoms with E-state index >= 15 is 0 Å². The third kappa shape index (κ3) is 3.67. The van der Waals surface area contributed by atoms with Crippen LogP contribution in [0.25, 0.3) is 0 Å². The second kappa shape index (κ2) is 6.50. The van der Waals surface area contributed by atoms with Crippen molar-refractivity contribution >= 4 is 17.7 Å². The van der Waals surface area contributed by atoms with E-state index in [1.54, 1.807) is 11.8 Å². The van der Waals surface area contributed by atoms with Crippen molar-refractivity contribution in [1.82, 2.24) is 4.90 Å². The van der Waals surface area contributed by atoms with Crippen molar-refractivity contribution in [3.05, 3.63) is 0 Å². The van der Waals surface area contributed by atoms with Crippen LogP contribution < -0.4 is 5.73 Å². The van der Waals surface area contributed by atoms with Crippen LogP contribution in [0.5, 0.6) is 0 Å². The SMILES string of the molecule is CSCC[C@@H](N)C(=O)N1CCC(C(C)C)C1. The lowest BCUT2D eigenvalue weighted by atomic mass is 9.95. The number of carbonyl (C=O) groups excluding carboxylic acids is 1. The molecule has 0 aromatic carbocycles. The second-order valence-corrected chi connectivity index (χ2v) is 5.95. The van der Waals surface area contributed by atoms with Crippen LogP contribution in [-0.4, -0.2) is 41.9 Å². The van der Waals surface area contributed by atoms with E-state index in [4.69, 9.17) is 5.73 Å². The number of rotatable bonds is 5. The zero-order valence-corrected chi connectivity index (χ0v) is 11.4. The van der Waals surface area contributed by atoms with Gasteiger partial charge in [0.2, 0.25) is 5.91 Å². The van der Waals surface area contributed by atoms with Crippen molar-refractivity contribution in [3.8, 4) is 0 Å². The summed E-state index contributed by atoms with van der Waals surface area (Å²) in [7, 11) is 0. The zero-order valence-electron chi connectivity index (χ0n) is 10.6. The van der Waals surface area contributed by atoms with E-state index in [0.29, 0.717) is 11.8 Å². The summed E-state index contributed by atoms with van der Waals surface area (Å²) in [5, 5.41) is 0. The Hall–Kier alpha value is -0.220. The first-order valence-corrected chi connectivity index (χ1v) is 7.49. The molecule has 0 aliphatic carbocycles. The molecule has 1 heterocycles. The van der Waals surface area contributed by atoms with E-state index in [1.807, 2.05) is 11.2 Å². The Balaban J connectivity index is 2.38. The molecule has 1 amide bonds. The van der Waals surface area contributed by atoms with Gasteiger partial charge in [0.25, 0.3) is 0 Å². The zero-order chi connectivity index (χ0) is 12.1. The van der Waals surface area contributed by atoms with Gasteiger partial charge in [-0.2, -0.15) is 11.8 Å². The van der Waals surface area contributed by atoms with Crippen molar-refractivity contribution in [3.63, 3.8) is 0 Å². The first-order chi connectivity index (χ1) is 7.56. The van der Waals surface area contributed by atoms with Crippen LogP contribution >= 0.6 is 11.8 Å². The maximum atomic E-state index is 12.0. The van der Waals surface area contributed by atoms with Crippen LogP contribution in [0.1, 0.15) is 26.7 Å². The molecule has 0 bridgehead atoms. The monoisotopic (exact) mass is 244 g/mol. The van der Waals surface area contributed by atoms with Crippen LogP contribution in [-0.2, 0) is 4.79 Å². The van der Waals surface area contributed by atoms with Crippen molar-refractivity contribution in [1.29, 1.82) is 0 Å². The van der Waals surface area contributed by atoms with Crippen LogP contribution in [0, 0.1) is 11.8 Å². The van der Waals surface area contributed by atoms with Gasteiger partial charge in [0.15, 0.2) is 0 Å². The fourth-order valence-corrected chi connectivity index (χ4v) is 2.62. The Morgan fingerprint density at radius 1 is 1.56 bits per heavy atom. The number of hydrogen-bond donors (Lipinski definition) is 1. The van der Waals surface area contributed by atoms with Crippen molar-refractivity contribution < 1.29 is 4.79 Å².